The number of carbonyl (C=O) groups excluding carboxylic acids is 2. The molecule has 0 aromatic rings. The number of nitrogens with zero attached hydrogens (tertiary/aromatic N) is 1. The summed E-state index contributed by atoms with van der Waals surface area (Å²) in [6.45, 7) is 4.48. The second-order valence-corrected chi connectivity index (χ2v) is 27.4. The molecule has 0 rings (SSSR count). The molecule has 0 bridgehead atoms. The van der Waals surface area contributed by atoms with Gasteiger partial charge in [-0.05, 0) is 77.0 Å². The minimum atomic E-state index is -4.39. The van der Waals surface area contributed by atoms with Crippen molar-refractivity contribution < 1.29 is 42.1 Å². The maximum atomic E-state index is 12.9. The maximum absolute atomic E-state index is 12.9. The van der Waals surface area contributed by atoms with Crippen LogP contribution in [-0.4, -0.2) is 74.9 Å². The first-order valence-electron chi connectivity index (χ1n) is 36.4. The van der Waals surface area contributed by atoms with Gasteiger partial charge in [-0.2, -0.15) is 0 Å². The Bertz CT molecular complexity index is 1560. The van der Waals surface area contributed by atoms with Crippen LogP contribution in [0.1, 0.15) is 361 Å². The third-order valence-corrected chi connectivity index (χ3v) is 17.3. The van der Waals surface area contributed by atoms with E-state index in [1.54, 1.807) is 0 Å². The topological polar surface area (TPSA) is 108 Å². The van der Waals surface area contributed by atoms with Crippen molar-refractivity contribution in [2.45, 2.75) is 367 Å². The third-order valence-electron chi connectivity index (χ3n) is 16.3. The number of rotatable bonds is 68. The number of unbranched alkanes of at least 4 members (excludes halogenated alkanes) is 46. The van der Waals surface area contributed by atoms with Crippen molar-refractivity contribution in [3.05, 3.63) is 48.6 Å². The highest BCUT2D eigenvalue weighted by Gasteiger charge is 2.27. The highest BCUT2D eigenvalue weighted by Crippen LogP contribution is 2.43. The van der Waals surface area contributed by atoms with Crippen molar-refractivity contribution in [3.63, 3.8) is 0 Å². The van der Waals surface area contributed by atoms with Crippen LogP contribution in [-0.2, 0) is 32.7 Å². The van der Waals surface area contributed by atoms with E-state index in [0.717, 1.165) is 44.9 Å². The van der Waals surface area contributed by atoms with Gasteiger partial charge in [-0.1, -0.05) is 319 Å². The van der Waals surface area contributed by atoms with Crippen molar-refractivity contribution in [2.24, 2.45) is 0 Å². The predicted octanol–water partition coefficient (Wildman–Crippen LogP) is 23.6. The number of hydrogen-bond acceptors (Lipinski definition) is 7. The zero-order valence-electron chi connectivity index (χ0n) is 56.4. The summed E-state index contributed by atoms with van der Waals surface area (Å²) < 4.78 is 34.7. The van der Waals surface area contributed by atoms with Crippen LogP contribution in [0.5, 0.6) is 0 Å². The fourth-order valence-electron chi connectivity index (χ4n) is 10.7. The summed E-state index contributed by atoms with van der Waals surface area (Å²) in [5.41, 5.74) is 0. The van der Waals surface area contributed by atoms with E-state index >= 15 is 0 Å². The smallest absolute Gasteiger partial charge is 0.462 e. The lowest BCUT2D eigenvalue weighted by atomic mass is 10.0. The van der Waals surface area contributed by atoms with Gasteiger partial charge < -0.3 is 18.9 Å². The lowest BCUT2D eigenvalue weighted by molar-refractivity contribution is -0.870. The van der Waals surface area contributed by atoms with Gasteiger partial charge in [0.15, 0.2) is 6.10 Å². The minimum Gasteiger partial charge on any atom is -0.462 e. The Morgan fingerprint density at radius 1 is 0.369 bits per heavy atom. The molecule has 0 aliphatic heterocycles. The molecule has 0 fully saturated rings. The standard InChI is InChI=1S/C74H140NO8P/c1-6-8-10-12-14-16-18-20-22-24-26-28-30-31-32-33-34-35-36-37-38-39-40-41-42-43-45-47-49-51-53-55-57-59-61-63-65-67-74(77)83-72(71-82-84(78,79)81-69-68-75(3,4)5)70-80-73(76)66-64-62-60-58-56-54-52-50-48-46-44-29-27-25-23-21-19-17-15-13-11-9-7-2/h18,20,24-27,30-31,72H,6-17,19,21-23,28-29,32-71H2,1-5H3/p+1/b20-18-,26-24-,27-25-,31-30-. The highest BCUT2D eigenvalue weighted by atomic mass is 31.2. The molecule has 2 unspecified atom stereocenters. The SMILES string of the molecule is CCCCCCC/C=C\C/C=C\C/C=C\CCCCCCCCCCCCCCCCCCCCCCCCC(=O)OC(COC(=O)CCCCCCCCCCCCC/C=C\CCCCCCCCCC)COP(=O)(O)OCC[N+](C)(C)C. The molecule has 10 heteroatoms. The first-order valence-corrected chi connectivity index (χ1v) is 37.9. The van der Waals surface area contributed by atoms with Crippen molar-refractivity contribution in [2.75, 3.05) is 47.5 Å². The van der Waals surface area contributed by atoms with Gasteiger partial charge in [0, 0.05) is 12.8 Å². The van der Waals surface area contributed by atoms with E-state index in [2.05, 4.69) is 62.5 Å². The Morgan fingerprint density at radius 3 is 0.964 bits per heavy atom. The summed E-state index contributed by atoms with van der Waals surface area (Å²) in [5, 5.41) is 0. The zero-order valence-corrected chi connectivity index (χ0v) is 57.3. The van der Waals surface area contributed by atoms with E-state index in [1.807, 2.05) is 21.1 Å². The van der Waals surface area contributed by atoms with Crippen LogP contribution in [0.3, 0.4) is 0 Å². The molecule has 2 atom stereocenters. The first-order chi connectivity index (χ1) is 41.0. The van der Waals surface area contributed by atoms with Crippen LogP contribution in [0.4, 0.5) is 0 Å². The summed E-state index contributed by atoms with van der Waals surface area (Å²) in [5.74, 6) is -0.779. The molecule has 0 spiro atoms. The normalized spacial score (nSPS) is 13.4. The Balaban J connectivity index is 3.95. The monoisotopic (exact) mass is 1200 g/mol. The summed E-state index contributed by atoms with van der Waals surface area (Å²) in [4.78, 5) is 35.9. The van der Waals surface area contributed by atoms with E-state index in [4.69, 9.17) is 18.5 Å². The average Bonchev–Trinajstić information content (AvgIpc) is 3.61. The highest BCUT2D eigenvalue weighted by molar-refractivity contribution is 7.47. The molecule has 0 aliphatic rings. The van der Waals surface area contributed by atoms with Crippen molar-refractivity contribution in [1.82, 2.24) is 0 Å². The molecule has 0 heterocycles. The maximum Gasteiger partial charge on any atom is 0.472 e. The number of phosphoric acid groups is 1. The van der Waals surface area contributed by atoms with Crippen molar-refractivity contribution in [3.8, 4) is 0 Å². The molecule has 0 saturated heterocycles. The second kappa shape index (κ2) is 65.4. The summed E-state index contributed by atoms with van der Waals surface area (Å²) in [7, 11) is 1.49. The van der Waals surface area contributed by atoms with Crippen LogP contribution in [0, 0.1) is 0 Å². The lowest BCUT2D eigenvalue weighted by Gasteiger charge is -2.24. The molecule has 9 nitrogen and oxygen atoms in total. The number of likely N-dealkylation sites (N-methyl/N-ethyl adjacent to an activating group) is 1. The fourth-order valence-corrected chi connectivity index (χ4v) is 11.5. The second-order valence-electron chi connectivity index (χ2n) is 26.0. The molecule has 0 aromatic heterocycles. The van der Waals surface area contributed by atoms with Crippen LogP contribution in [0.2, 0.25) is 0 Å². The van der Waals surface area contributed by atoms with E-state index in [-0.39, 0.29) is 25.6 Å². The first kappa shape index (κ1) is 82.0. The molecular formula is C74H141NO8P+. The molecule has 0 aliphatic carbocycles. The Hall–Kier alpha value is -2.03. The van der Waals surface area contributed by atoms with E-state index in [1.165, 1.54) is 283 Å². The summed E-state index contributed by atoms with van der Waals surface area (Å²) in [6, 6.07) is 0. The van der Waals surface area contributed by atoms with Crippen LogP contribution in [0.15, 0.2) is 48.6 Å². The lowest BCUT2D eigenvalue weighted by Crippen LogP contribution is -2.37. The van der Waals surface area contributed by atoms with Crippen LogP contribution < -0.4 is 0 Å². The van der Waals surface area contributed by atoms with Gasteiger partial charge in [0.25, 0.3) is 0 Å². The summed E-state index contributed by atoms with van der Waals surface area (Å²) in [6.07, 6.45) is 85.2. The molecule has 0 aromatic carbocycles. The van der Waals surface area contributed by atoms with Gasteiger partial charge in [0.1, 0.15) is 19.8 Å². The van der Waals surface area contributed by atoms with Gasteiger partial charge in [-0.25, -0.2) is 4.57 Å². The minimum absolute atomic E-state index is 0.0337. The zero-order chi connectivity index (χ0) is 61.2. The van der Waals surface area contributed by atoms with Crippen molar-refractivity contribution in [1.29, 1.82) is 0 Å². The van der Waals surface area contributed by atoms with Crippen LogP contribution >= 0.6 is 7.82 Å². The number of hydrogen-bond donors (Lipinski definition) is 1. The number of allylic oxidation sites excluding steroid dienone is 8. The number of carbonyl (C=O) groups is 2. The third kappa shape index (κ3) is 69.1. The van der Waals surface area contributed by atoms with Gasteiger partial charge in [-0.3, -0.25) is 18.6 Å². The fraction of sp³-hybridized carbons (Fsp3) is 0.865. The number of phosphoric ester groups is 1. The average molecular weight is 1200 g/mol. The Labute approximate surface area is 522 Å². The van der Waals surface area contributed by atoms with Gasteiger partial charge >= 0.3 is 19.8 Å². The molecular weight excluding hydrogens is 1060 g/mol. The number of esters is 2. The largest absolute Gasteiger partial charge is 0.472 e. The van der Waals surface area contributed by atoms with Crippen molar-refractivity contribution >= 4 is 19.8 Å². The number of ether oxygens (including phenoxy) is 2. The molecule has 0 radical (unpaired) electrons. The van der Waals surface area contributed by atoms with Gasteiger partial charge in [-0.15, -0.1) is 0 Å². The van der Waals surface area contributed by atoms with E-state index in [9.17, 15) is 19.0 Å². The molecule has 84 heavy (non-hydrogen) atoms. The van der Waals surface area contributed by atoms with Gasteiger partial charge in [0.2, 0.25) is 0 Å². The Morgan fingerprint density at radius 2 is 0.643 bits per heavy atom. The quantitative estimate of drug-likeness (QED) is 0.0211. The van der Waals surface area contributed by atoms with E-state index in [0.29, 0.717) is 23.9 Å². The molecule has 0 saturated carbocycles. The predicted molar refractivity (Wildman–Crippen MR) is 363 cm³/mol. The van der Waals surface area contributed by atoms with E-state index < -0.39 is 26.5 Å². The molecule has 1 N–H and O–H groups in total. The Kier molecular flexibility index (Phi) is 63.8. The summed E-state index contributed by atoms with van der Waals surface area (Å²) >= 11 is 0. The number of quaternary nitrogens is 1. The molecule has 494 valence electrons. The molecule has 0 amide bonds. The van der Waals surface area contributed by atoms with Crippen LogP contribution in [0.25, 0.3) is 0 Å². The van der Waals surface area contributed by atoms with Gasteiger partial charge in [0.05, 0.1) is 27.7 Å².